The first-order valence-electron chi connectivity index (χ1n) is 9.58. The van der Waals surface area contributed by atoms with Crippen LogP contribution >= 0.6 is 11.3 Å². The van der Waals surface area contributed by atoms with Gasteiger partial charge in [-0.15, -0.1) is 0 Å². The van der Waals surface area contributed by atoms with Gasteiger partial charge in [0, 0.05) is 23.7 Å². The summed E-state index contributed by atoms with van der Waals surface area (Å²) in [5.41, 5.74) is 1.48. The molecule has 0 spiro atoms. The third-order valence-corrected chi connectivity index (χ3v) is 5.69. The number of thiazole rings is 1. The third-order valence-electron chi connectivity index (χ3n) is 4.76. The van der Waals surface area contributed by atoms with Gasteiger partial charge in [0.25, 0.3) is 5.91 Å². The predicted octanol–water partition coefficient (Wildman–Crippen LogP) is 5.50. The molecule has 0 bridgehead atoms. The number of amides is 1. The van der Waals surface area contributed by atoms with Gasteiger partial charge in [-0.1, -0.05) is 11.3 Å². The number of furan rings is 1. The second-order valence-corrected chi connectivity index (χ2v) is 7.75. The zero-order valence-corrected chi connectivity index (χ0v) is 17.9. The molecule has 3 heterocycles. The highest BCUT2D eigenvalue weighted by atomic mass is 32.1. The number of carbonyl (C=O) groups excluding carboxylic acids is 1. The van der Waals surface area contributed by atoms with Gasteiger partial charge < -0.3 is 18.6 Å². The number of aromatic nitrogens is 2. The molecule has 0 radical (unpaired) electrons. The fourth-order valence-electron chi connectivity index (χ4n) is 3.25. The van der Waals surface area contributed by atoms with Crippen LogP contribution in [0.15, 0.2) is 65.4 Å². The van der Waals surface area contributed by atoms with E-state index in [1.165, 1.54) is 17.6 Å². The summed E-state index contributed by atoms with van der Waals surface area (Å²) >= 11 is 1.35. The van der Waals surface area contributed by atoms with Gasteiger partial charge in [-0.05, 0) is 36.4 Å². The molecule has 160 valence electrons. The summed E-state index contributed by atoms with van der Waals surface area (Å²) in [4.78, 5) is 21.0. The highest BCUT2D eigenvalue weighted by Gasteiger charge is 2.14. The van der Waals surface area contributed by atoms with E-state index in [0.29, 0.717) is 28.1 Å². The Bertz CT molecular complexity index is 1430. The van der Waals surface area contributed by atoms with Crippen molar-refractivity contribution in [1.82, 2.24) is 9.97 Å². The monoisotopic (exact) mass is 447 g/mol. The predicted molar refractivity (Wildman–Crippen MR) is 121 cm³/mol. The highest BCUT2D eigenvalue weighted by Crippen LogP contribution is 2.38. The first kappa shape index (κ1) is 19.8. The number of hydrogen-bond donors (Lipinski definition) is 1. The number of anilines is 1. The number of hydrogen-bond acceptors (Lipinski definition) is 8. The fraction of sp³-hybridized carbons (Fsp3) is 0.0870. The second kappa shape index (κ2) is 8.20. The van der Waals surface area contributed by atoms with Crippen LogP contribution in [0.2, 0.25) is 0 Å². The lowest BCUT2D eigenvalue weighted by Crippen LogP contribution is -2.10. The summed E-state index contributed by atoms with van der Waals surface area (Å²) in [6.45, 7) is 0. The van der Waals surface area contributed by atoms with Crippen LogP contribution in [-0.2, 0) is 0 Å². The van der Waals surface area contributed by atoms with Crippen LogP contribution in [0.25, 0.3) is 21.1 Å². The summed E-state index contributed by atoms with van der Waals surface area (Å²) in [7, 11) is 3.17. The van der Waals surface area contributed by atoms with E-state index >= 15 is 0 Å². The van der Waals surface area contributed by atoms with Gasteiger partial charge in [-0.25, -0.2) is 4.98 Å². The minimum atomic E-state index is -0.349. The Hall–Kier alpha value is -4.11. The minimum absolute atomic E-state index is 0.227. The number of benzene rings is 2. The zero-order valence-electron chi connectivity index (χ0n) is 17.1. The van der Waals surface area contributed by atoms with E-state index < -0.39 is 0 Å². The maximum absolute atomic E-state index is 12.2. The van der Waals surface area contributed by atoms with Crippen molar-refractivity contribution in [3.63, 3.8) is 0 Å². The number of fused-ring (bicyclic) bond motifs is 2. The first-order valence-corrected chi connectivity index (χ1v) is 10.4. The molecule has 0 unspecified atom stereocenters. The average Bonchev–Trinajstić information content (AvgIpc) is 3.48. The summed E-state index contributed by atoms with van der Waals surface area (Å²) in [5, 5.41) is 4.02. The molecule has 1 N–H and O–H groups in total. The minimum Gasteiger partial charge on any atom is -0.493 e. The standard InChI is InChI=1S/C23H17N3O5S/c1-28-19-11-14-16(12-20(19)29-2)24-8-7-17(14)31-13-5-6-15-21(10-13)32-23(25-15)26-22(27)18-4-3-9-30-18/h3-12H,1-2H3,(H,25,26,27). The number of nitrogens with zero attached hydrogens (tertiary/aromatic N) is 2. The molecule has 5 rings (SSSR count). The van der Waals surface area contributed by atoms with Crippen LogP contribution in [-0.4, -0.2) is 30.1 Å². The van der Waals surface area contributed by atoms with Gasteiger partial charge in [-0.2, -0.15) is 0 Å². The van der Waals surface area contributed by atoms with Crippen molar-refractivity contribution in [2.24, 2.45) is 0 Å². The number of nitrogens with one attached hydrogen (secondary N) is 1. The maximum Gasteiger partial charge on any atom is 0.293 e. The van der Waals surface area contributed by atoms with E-state index in [-0.39, 0.29) is 11.7 Å². The molecule has 8 nitrogen and oxygen atoms in total. The second-order valence-electron chi connectivity index (χ2n) is 6.72. The van der Waals surface area contributed by atoms with Crippen molar-refractivity contribution in [2.75, 3.05) is 19.5 Å². The number of ether oxygens (including phenoxy) is 3. The Morgan fingerprint density at radius 2 is 1.84 bits per heavy atom. The molecule has 2 aromatic carbocycles. The van der Waals surface area contributed by atoms with Crippen LogP contribution < -0.4 is 19.5 Å². The molecule has 0 saturated carbocycles. The Kier molecular flexibility index (Phi) is 5.08. The van der Waals surface area contributed by atoms with Crippen molar-refractivity contribution in [3.05, 3.63) is 66.8 Å². The molecule has 3 aromatic heterocycles. The Morgan fingerprint density at radius 1 is 1.00 bits per heavy atom. The molecule has 0 aliphatic rings. The Morgan fingerprint density at radius 3 is 2.62 bits per heavy atom. The summed E-state index contributed by atoms with van der Waals surface area (Å²) < 4.78 is 22.9. The molecule has 1 amide bonds. The highest BCUT2D eigenvalue weighted by molar-refractivity contribution is 7.22. The van der Waals surface area contributed by atoms with Crippen molar-refractivity contribution in [2.45, 2.75) is 0 Å². The molecule has 0 aliphatic carbocycles. The van der Waals surface area contributed by atoms with Gasteiger partial charge in [0.05, 0.1) is 36.2 Å². The van der Waals surface area contributed by atoms with Crippen LogP contribution in [0, 0.1) is 0 Å². The van der Waals surface area contributed by atoms with Crippen molar-refractivity contribution in [3.8, 4) is 23.0 Å². The molecule has 0 atom stereocenters. The molecular weight excluding hydrogens is 430 g/mol. The molecule has 0 saturated heterocycles. The van der Waals surface area contributed by atoms with E-state index in [4.69, 9.17) is 18.6 Å². The van der Waals surface area contributed by atoms with Gasteiger partial charge in [-0.3, -0.25) is 15.1 Å². The van der Waals surface area contributed by atoms with Crippen molar-refractivity contribution >= 4 is 43.5 Å². The van der Waals surface area contributed by atoms with Crippen molar-refractivity contribution in [1.29, 1.82) is 0 Å². The Labute approximate surface area is 186 Å². The van der Waals surface area contributed by atoms with Crippen molar-refractivity contribution < 1.29 is 23.4 Å². The fourth-order valence-corrected chi connectivity index (χ4v) is 4.14. The van der Waals surface area contributed by atoms with E-state index in [0.717, 1.165) is 21.1 Å². The number of carbonyl (C=O) groups is 1. The number of methoxy groups -OCH3 is 2. The molecule has 0 aliphatic heterocycles. The molecule has 9 heteroatoms. The van der Waals surface area contributed by atoms with Gasteiger partial charge in [0.1, 0.15) is 11.5 Å². The lowest BCUT2D eigenvalue weighted by Gasteiger charge is -2.12. The summed E-state index contributed by atoms with van der Waals surface area (Å²) in [6, 6.07) is 14.2. The quantitative estimate of drug-likeness (QED) is 0.367. The smallest absolute Gasteiger partial charge is 0.293 e. The van der Waals surface area contributed by atoms with Gasteiger partial charge in [0.2, 0.25) is 0 Å². The van der Waals surface area contributed by atoms with E-state index in [1.807, 2.05) is 24.3 Å². The number of rotatable bonds is 6. The van der Waals surface area contributed by atoms with Crippen LogP contribution in [0.3, 0.4) is 0 Å². The third kappa shape index (κ3) is 3.69. The largest absolute Gasteiger partial charge is 0.493 e. The zero-order chi connectivity index (χ0) is 22.1. The number of pyridine rings is 1. The van der Waals surface area contributed by atoms with E-state index in [2.05, 4.69) is 15.3 Å². The SMILES string of the molecule is COc1cc2nccc(Oc3ccc4nc(NC(=O)c5ccco5)sc4c3)c2cc1OC. The summed E-state index contributed by atoms with van der Waals surface area (Å²) in [5.74, 6) is 2.33. The lowest BCUT2D eigenvalue weighted by atomic mass is 10.2. The van der Waals surface area contributed by atoms with Crippen LogP contribution in [0.4, 0.5) is 5.13 Å². The van der Waals surface area contributed by atoms with E-state index in [1.54, 1.807) is 44.7 Å². The molecule has 0 fully saturated rings. The lowest BCUT2D eigenvalue weighted by molar-refractivity contribution is 0.0996. The maximum atomic E-state index is 12.2. The van der Waals surface area contributed by atoms with Gasteiger partial charge >= 0.3 is 0 Å². The summed E-state index contributed by atoms with van der Waals surface area (Å²) in [6.07, 6.45) is 3.13. The normalized spacial score (nSPS) is 10.9. The van der Waals surface area contributed by atoms with Crippen LogP contribution in [0.5, 0.6) is 23.0 Å². The molecule has 5 aromatic rings. The Balaban J connectivity index is 1.44. The van der Waals surface area contributed by atoms with E-state index in [9.17, 15) is 4.79 Å². The first-order chi connectivity index (χ1) is 15.6. The molecular formula is C23H17N3O5S. The molecule has 32 heavy (non-hydrogen) atoms. The topological polar surface area (TPSA) is 95.7 Å². The average molecular weight is 447 g/mol. The van der Waals surface area contributed by atoms with Gasteiger partial charge in [0.15, 0.2) is 22.4 Å². The van der Waals surface area contributed by atoms with Crippen LogP contribution in [0.1, 0.15) is 10.6 Å².